The van der Waals surface area contributed by atoms with E-state index in [-0.39, 0.29) is 6.04 Å². The predicted octanol–water partition coefficient (Wildman–Crippen LogP) is 2.73. The number of nitrogens with zero attached hydrogens (tertiary/aromatic N) is 2. The molecule has 4 atom stereocenters. The van der Waals surface area contributed by atoms with Crippen LogP contribution in [0.3, 0.4) is 0 Å². The minimum Gasteiger partial charge on any atom is -0.324 e. The van der Waals surface area contributed by atoms with Gasteiger partial charge in [0.1, 0.15) is 0 Å². The minimum atomic E-state index is 0.194. The molecule has 1 aromatic heterocycles. The van der Waals surface area contributed by atoms with Crippen LogP contribution >= 0.6 is 0 Å². The van der Waals surface area contributed by atoms with E-state index in [1.54, 1.807) is 0 Å². The van der Waals surface area contributed by atoms with Gasteiger partial charge in [0.15, 0.2) is 0 Å². The van der Waals surface area contributed by atoms with E-state index in [1.807, 2.05) is 10.9 Å². The van der Waals surface area contributed by atoms with Crippen LogP contribution in [-0.2, 0) is 6.54 Å². The summed E-state index contributed by atoms with van der Waals surface area (Å²) in [5.74, 6) is 2.89. The van der Waals surface area contributed by atoms with Crippen LogP contribution in [0.25, 0.3) is 0 Å². The van der Waals surface area contributed by atoms with Gasteiger partial charge in [-0.3, -0.25) is 4.68 Å². The molecule has 2 aliphatic carbocycles. The van der Waals surface area contributed by atoms with Gasteiger partial charge in [-0.05, 0) is 50.4 Å². The number of hydrogen-bond donors (Lipinski definition) is 1. The van der Waals surface area contributed by atoms with Crippen LogP contribution < -0.4 is 5.73 Å². The third-order valence-electron chi connectivity index (χ3n) is 4.85. The van der Waals surface area contributed by atoms with E-state index in [2.05, 4.69) is 18.2 Å². The molecule has 4 unspecified atom stereocenters. The average molecular weight is 233 g/mol. The number of aromatic nitrogens is 2. The van der Waals surface area contributed by atoms with Crippen LogP contribution in [0.15, 0.2) is 12.4 Å². The number of nitrogens with two attached hydrogens (primary N) is 1. The van der Waals surface area contributed by atoms with E-state index in [9.17, 15) is 0 Å². The highest BCUT2D eigenvalue weighted by Crippen LogP contribution is 2.50. The van der Waals surface area contributed by atoms with Crippen molar-refractivity contribution in [3.05, 3.63) is 18.0 Å². The summed E-state index contributed by atoms with van der Waals surface area (Å²) in [6.45, 7) is 3.04. The molecular formula is C14H23N3. The summed E-state index contributed by atoms with van der Waals surface area (Å²) in [7, 11) is 0. The summed E-state index contributed by atoms with van der Waals surface area (Å²) in [5, 5.41) is 4.31. The second kappa shape index (κ2) is 4.45. The number of hydrogen-bond acceptors (Lipinski definition) is 2. The minimum absolute atomic E-state index is 0.194. The summed E-state index contributed by atoms with van der Waals surface area (Å²) in [6, 6.07) is 0.194. The quantitative estimate of drug-likeness (QED) is 0.869. The van der Waals surface area contributed by atoms with Gasteiger partial charge in [0.25, 0.3) is 0 Å². The van der Waals surface area contributed by atoms with Crippen LogP contribution in [0.1, 0.15) is 50.6 Å². The molecule has 1 heterocycles. The number of fused-ring (bicyclic) bond motifs is 2. The van der Waals surface area contributed by atoms with Crippen LogP contribution in [-0.4, -0.2) is 9.78 Å². The molecule has 2 N–H and O–H groups in total. The van der Waals surface area contributed by atoms with E-state index in [4.69, 9.17) is 5.73 Å². The van der Waals surface area contributed by atoms with Crippen LogP contribution in [0, 0.1) is 17.8 Å². The highest BCUT2D eigenvalue weighted by atomic mass is 15.3. The highest BCUT2D eigenvalue weighted by Gasteiger charge is 2.39. The number of rotatable bonds is 4. The lowest BCUT2D eigenvalue weighted by atomic mass is 9.83. The summed E-state index contributed by atoms with van der Waals surface area (Å²) in [4.78, 5) is 0. The summed E-state index contributed by atoms with van der Waals surface area (Å²) < 4.78 is 1.97. The molecule has 0 aromatic carbocycles. The lowest BCUT2D eigenvalue weighted by molar-refractivity contribution is 0.296. The third-order valence-corrected chi connectivity index (χ3v) is 4.85. The molecule has 0 radical (unpaired) electrons. The Morgan fingerprint density at radius 1 is 1.47 bits per heavy atom. The van der Waals surface area contributed by atoms with Gasteiger partial charge in [-0.25, -0.2) is 0 Å². The Morgan fingerprint density at radius 3 is 2.94 bits per heavy atom. The summed E-state index contributed by atoms with van der Waals surface area (Å²) in [5.41, 5.74) is 7.54. The molecule has 3 heteroatoms. The molecule has 2 fully saturated rings. The fourth-order valence-electron chi connectivity index (χ4n) is 3.87. The van der Waals surface area contributed by atoms with Gasteiger partial charge in [0.05, 0.1) is 6.20 Å². The first-order chi connectivity index (χ1) is 8.26. The van der Waals surface area contributed by atoms with E-state index in [1.165, 1.54) is 31.2 Å². The molecule has 2 bridgehead atoms. The smallest absolute Gasteiger partial charge is 0.0537 e. The normalized spacial score (nSPS) is 33.2. The van der Waals surface area contributed by atoms with E-state index in [0.29, 0.717) is 0 Å². The van der Waals surface area contributed by atoms with E-state index in [0.717, 1.165) is 30.7 Å². The molecule has 17 heavy (non-hydrogen) atoms. The first-order valence-corrected chi connectivity index (χ1v) is 7.04. The molecular weight excluding hydrogens is 210 g/mol. The van der Waals surface area contributed by atoms with Crippen molar-refractivity contribution in [2.45, 2.75) is 51.6 Å². The molecule has 3 rings (SSSR count). The van der Waals surface area contributed by atoms with Crippen molar-refractivity contribution in [2.75, 3.05) is 0 Å². The van der Waals surface area contributed by atoms with Gasteiger partial charge >= 0.3 is 0 Å². The molecule has 0 aliphatic heterocycles. The van der Waals surface area contributed by atoms with Crippen LogP contribution in [0.2, 0.25) is 0 Å². The zero-order chi connectivity index (χ0) is 11.8. The first-order valence-electron chi connectivity index (χ1n) is 7.04. The topological polar surface area (TPSA) is 43.8 Å². The van der Waals surface area contributed by atoms with Gasteiger partial charge in [-0.15, -0.1) is 0 Å². The molecule has 2 aliphatic rings. The SMILES string of the molecule is CCn1cc(C(N)CC2CC3CCC2C3)cn1. The standard InChI is InChI=1S/C14H23N3/c1-2-17-9-13(8-16-17)14(15)7-12-6-10-3-4-11(12)5-10/h8-12,14H,2-7,15H2,1H3. The molecule has 0 spiro atoms. The first kappa shape index (κ1) is 11.3. The zero-order valence-corrected chi connectivity index (χ0v) is 10.7. The van der Waals surface area contributed by atoms with E-state index >= 15 is 0 Å². The molecule has 3 nitrogen and oxygen atoms in total. The Hall–Kier alpha value is -0.830. The summed E-state index contributed by atoms with van der Waals surface area (Å²) in [6.07, 6.45) is 11.1. The fraction of sp³-hybridized carbons (Fsp3) is 0.786. The van der Waals surface area contributed by atoms with Crippen molar-refractivity contribution in [1.82, 2.24) is 9.78 Å². The maximum absolute atomic E-state index is 6.32. The highest BCUT2D eigenvalue weighted by molar-refractivity contribution is 5.10. The van der Waals surface area contributed by atoms with Crippen molar-refractivity contribution in [2.24, 2.45) is 23.5 Å². The van der Waals surface area contributed by atoms with Crippen LogP contribution in [0.4, 0.5) is 0 Å². The molecule has 1 aromatic rings. The Kier molecular flexibility index (Phi) is 2.95. The van der Waals surface area contributed by atoms with Gasteiger partial charge in [-0.1, -0.05) is 6.42 Å². The molecule has 94 valence electrons. The second-order valence-electron chi connectivity index (χ2n) is 5.91. The molecule has 2 saturated carbocycles. The van der Waals surface area contributed by atoms with Crippen molar-refractivity contribution in [3.8, 4) is 0 Å². The molecule has 0 saturated heterocycles. The lowest BCUT2D eigenvalue weighted by Gasteiger charge is -2.24. The van der Waals surface area contributed by atoms with Crippen molar-refractivity contribution in [3.63, 3.8) is 0 Å². The van der Waals surface area contributed by atoms with Gasteiger partial charge in [-0.2, -0.15) is 5.10 Å². The van der Waals surface area contributed by atoms with Gasteiger partial charge < -0.3 is 5.73 Å². The fourth-order valence-corrected chi connectivity index (χ4v) is 3.87. The van der Waals surface area contributed by atoms with Gasteiger partial charge in [0, 0.05) is 24.3 Å². The largest absolute Gasteiger partial charge is 0.324 e. The maximum atomic E-state index is 6.32. The average Bonchev–Trinajstić information content (AvgIpc) is 3.04. The van der Waals surface area contributed by atoms with Crippen molar-refractivity contribution in [1.29, 1.82) is 0 Å². The second-order valence-corrected chi connectivity index (χ2v) is 5.91. The Bertz CT molecular complexity index is 385. The zero-order valence-electron chi connectivity index (χ0n) is 10.7. The Morgan fingerprint density at radius 2 is 2.35 bits per heavy atom. The van der Waals surface area contributed by atoms with E-state index < -0.39 is 0 Å². The molecule has 0 amide bonds. The maximum Gasteiger partial charge on any atom is 0.0537 e. The lowest BCUT2D eigenvalue weighted by Crippen LogP contribution is -2.19. The predicted molar refractivity (Wildman–Crippen MR) is 68.4 cm³/mol. The van der Waals surface area contributed by atoms with Crippen molar-refractivity contribution < 1.29 is 0 Å². The van der Waals surface area contributed by atoms with Gasteiger partial charge in [0.2, 0.25) is 0 Å². The summed E-state index contributed by atoms with van der Waals surface area (Å²) >= 11 is 0. The third kappa shape index (κ3) is 2.13. The Labute approximate surface area is 103 Å². The monoisotopic (exact) mass is 233 g/mol. The van der Waals surface area contributed by atoms with Crippen LogP contribution in [0.5, 0.6) is 0 Å². The Balaban J connectivity index is 1.61. The number of aryl methyl sites for hydroxylation is 1. The van der Waals surface area contributed by atoms with Crippen molar-refractivity contribution >= 4 is 0 Å².